The molecule has 0 spiro atoms. The fraction of sp³-hybridized carbons (Fsp3) is 0.462. The van der Waals surface area contributed by atoms with Crippen molar-refractivity contribution in [1.82, 2.24) is 9.88 Å². The molecule has 5 nitrogen and oxygen atoms in total. The van der Waals surface area contributed by atoms with Gasteiger partial charge in [-0.25, -0.2) is 4.98 Å². The van der Waals surface area contributed by atoms with Crippen molar-refractivity contribution < 1.29 is 22.3 Å². The Bertz CT molecular complexity index is 633. The van der Waals surface area contributed by atoms with Crippen LogP contribution in [0.15, 0.2) is 16.5 Å². The molecule has 2 aromatic rings. The predicted octanol–water partition coefficient (Wildman–Crippen LogP) is 2.28. The van der Waals surface area contributed by atoms with E-state index in [1.54, 1.807) is 0 Å². The highest BCUT2D eigenvalue weighted by atomic mass is 19.4. The maximum absolute atomic E-state index is 12.6. The van der Waals surface area contributed by atoms with Crippen molar-refractivity contribution in [1.29, 1.82) is 0 Å². The average molecular weight is 300 g/mol. The summed E-state index contributed by atoms with van der Waals surface area (Å²) < 4.78 is 46.9. The molecule has 1 fully saturated rings. The topological polar surface area (TPSA) is 41.7 Å². The third-order valence-corrected chi connectivity index (χ3v) is 3.44. The second-order valence-electron chi connectivity index (χ2n) is 4.90. The Morgan fingerprint density at radius 1 is 1.24 bits per heavy atom. The number of halogens is 3. The normalized spacial score (nSPS) is 17.4. The Labute approximate surface area is 118 Å². The number of aromatic nitrogens is 1. The molecule has 21 heavy (non-hydrogen) atoms. The molecule has 0 bridgehead atoms. The first-order valence-electron chi connectivity index (χ1n) is 6.43. The van der Waals surface area contributed by atoms with Gasteiger partial charge in [0.1, 0.15) is 11.2 Å². The molecule has 0 N–H and O–H groups in total. The summed E-state index contributed by atoms with van der Waals surface area (Å²) in [5.74, 6) is -0.262. The van der Waals surface area contributed by atoms with E-state index in [9.17, 15) is 13.2 Å². The number of rotatable bonds is 2. The van der Waals surface area contributed by atoms with Gasteiger partial charge in [0, 0.05) is 26.2 Å². The first-order valence-corrected chi connectivity index (χ1v) is 6.43. The van der Waals surface area contributed by atoms with E-state index in [2.05, 4.69) is 21.0 Å². The van der Waals surface area contributed by atoms with E-state index in [1.807, 2.05) is 11.9 Å². The van der Waals surface area contributed by atoms with Crippen LogP contribution in [0.3, 0.4) is 0 Å². The molecule has 8 heteroatoms. The van der Waals surface area contributed by atoms with E-state index < -0.39 is 6.36 Å². The number of anilines is 1. The average Bonchev–Trinajstić information content (AvgIpc) is 2.86. The highest BCUT2D eigenvalue weighted by Crippen LogP contribution is 2.38. The number of fused-ring (bicyclic) bond motifs is 1. The number of piperazine rings is 1. The summed E-state index contributed by atoms with van der Waals surface area (Å²) in [7, 11) is 1.97. The number of hydrogen-bond acceptors (Lipinski definition) is 5. The molecular weight excluding hydrogens is 287 g/mol. The van der Waals surface area contributed by atoms with E-state index in [1.165, 1.54) is 12.1 Å². The van der Waals surface area contributed by atoms with E-state index in [-0.39, 0.29) is 5.75 Å². The van der Waals surface area contributed by atoms with Gasteiger partial charge in [-0.05, 0) is 19.2 Å². The van der Waals surface area contributed by atoms with Crippen LogP contribution in [0.1, 0.15) is 0 Å². The molecule has 0 atom stereocenters. The molecule has 1 aliphatic rings. The Morgan fingerprint density at radius 3 is 2.62 bits per heavy atom. The highest BCUT2D eigenvalue weighted by Gasteiger charge is 2.34. The SMILES string of the molecule is CN1CCN(c2c(OC(F)(F)F)ccc3o[c]nc23)CC1. The molecule has 0 aliphatic carbocycles. The van der Waals surface area contributed by atoms with Crippen LogP contribution in [0, 0.1) is 6.39 Å². The van der Waals surface area contributed by atoms with E-state index in [4.69, 9.17) is 4.42 Å². The number of ether oxygens (including phenoxy) is 1. The molecule has 1 aliphatic heterocycles. The van der Waals surface area contributed by atoms with Crippen LogP contribution in [-0.4, -0.2) is 49.5 Å². The number of benzene rings is 1. The van der Waals surface area contributed by atoms with Gasteiger partial charge in [0.2, 0.25) is 0 Å². The summed E-state index contributed by atoms with van der Waals surface area (Å²) in [6.45, 7) is 2.69. The molecular formula is C13H13F3N3O2. The van der Waals surface area contributed by atoms with Crippen LogP contribution in [0.2, 0.25) is 0 Å². The molecule has 1 radical (unpaired) electrons. The monoisotopic (exact) mass is 300 g/mol. The zero-order valence-electron chi connectivity index (χ0n) is 11.3. The summed E-state index contributed by atoms with van der Waals surface area (Å²) in [6.07, 6.45) is -2.43. The van der Waals surface area contributed by atoms with Crippen molar-refractivity contribution >= 4 is 16.8 Å². The van der Waals surface area contributed by atoms with Crippen molar-refractivity contribution in [3.8, 4) is 5.75 Å². The lowest BCUT2D eigenvalue weighted by Gasteiger charge is -2.34. The third-order valence-electron chi connectivity index (χ3n) is 3.44. The molecule has 0 unspecified atom stereocenters. The lowest BCUT2D eigenvalue weighted by molar-refractivity contribution is -0.274. The molecule has 1 aromatic heterocycles. The summed E-state index contributed by atoms with van der Waals surface area (Å²) in [6, 6.07) is 2.65. The van der Waals surface area contributed by atoms with Gasteiger partial charge in [0.15, 0.2) is 11.3 Å². The molecule has 113 valence electrons. The van der Waals surface area contributed by atoms with Gasteiger partial charge in [-0.15, -0.1) is 13.2 Å². The molecule has 1 saturated heterocycles. The van der Waals surface area contributed by atoms with Crippen molar-refractivity contribution in [2.75, 3.05) is 38.1 Å². The Balaban J connectivity index is 2.03. The van der Waals surface area contributed by atoms with E-state index in [0.29, 0.717) is 29.9 Å². The van der Waals surface area contributed by atoms with Gasteiger partial charge in [-0.2, -0.15) is 0 Å². The quantitative estimate of drug-likeness (QED) is 0.851. The Kier molecular flexibility index (Phi) is 3.40. The van der Waals surface area contributed by atoms with E-state index >= 15 is 0 Å². The minimum atomic E-state index is -4.75. The van der Waals surface area contributed by atoms with Crippen LogP contribution < -0.4 is 9.64 Å². The second kappa shape index (κ2) is 5.10. The van der Waals surface area contributed by atoms with Crippen molar-refractivity contribution in [3.63, 3.8) is 0 Å². The first-order chi connectivity index (χ1) is 9.94. The summed E-state index contributed by atoms with van der Waals surface area (Å²) in [5.41, 5.74) is 1.03. The maximum atomic E-state index is 12.6. The molecule has 1 aromatic carbocycles. The fourth-order valence-electron chi connectivity index (χ4n) is 2.39. The van der Waals surface area contributed by atoms with Crippen molar-refractivity contribution in [2.24, 2.45) is 0 Å². The molecule has 0 saturated carbocycles. The largest absolute Gasteiger partial charge is 0.573 e. The number of oxazole rings is 1. The standard InChI is InChI=1S/C13H13F3N3O2/c1-18-4-6-19(7-5-18)12-10(21-13(14,15)16)3-2-9-11(12)17-8-20-9/h2-3H,4-7H2,1H3. The van der Waals surface area contributed by atoms with Gasteiger partial charge in [0.25, 0.3) is 6.39 Å². The van der Waals surface area contributed by atoms with Gasteiger partial charge in [0.05, 0.1) is 0 Å². The lowest BCUT2D eigenvalue weighted by atomic mass is 10.2. The van der Waals surface area contributed by atoms with Crippen LogP contribution in [0.5, 0.6) is 5.75 Å². The Morgan fingerprint density at radius 2 is 1.95 bits per heavy atom. The van der Waals surface area contributed by atoms with Crippen LogP contribution in [0.4, 0.5) is 18.9 Å². The minimum Gasteiger partial charge on any atom is -0.432 e. The van der Waals surface area contributed by atoms with Gasteiger partial charge in [-0.3, -0.25) is 0 Å². The number of likely N-dealkylation sites (N-methyl/N-ethyl adjacent to an activating group) is 1. The number of hydrogen-bond donors (Lipinski definition) is 0. The summed E-state index contributed by atoms with van der Waals surface area (Å²) in [4.78, 5) is 7.85. The van der Waals surface area contributed by atoms with E-state index in [0.717, 1.165) is 13.1 Å². The smallest absolute Gasteiger partial charge is 0.432 e. The summed E-state index contributed by atoms with van der Waals surface area (Å²) in [5, 5.41) is 0. The van der Waals surface area contributed by atoms with Gasteiger partial charge in [-0.1, -0.05) is 0 Å². The second-order valence-corrected chi connectivity index (χ2v) is 4.90. The first kappa shape index (κ1) is 14.0. The van der Waals surface area contributed by atoms with Crippen molar-refractivity contribution in [3.05, 3.63) is 18.5 Å². The highest BCUT2D eigenvalue weighted by molar-refractivity contribution is 5.91. The molecule has 0 amide bonds. The zero-order chi connectivity index (χ0) is 15.0. The van der Waals surface area contributed by atoms with Gasteiger partial charge < -0.3 is 19.0 Å². The summed E-state index contributed by atoms with van der Waals surface area (Å²) >= 11 is 0. The molecule has 3 rings (SSSR count). The van der Waals surface area contributed by atoms with Crippen molar-refractivity contribution in [2.45, 2.75) is 6.36 Å². The zero-order valence-corrected chi connectivity index (χ0v) is 11.3. The number of nitrogens with zero attached hydrogens (tertiary/aromatic N) is 3. The van der Waals surface area contributed by atoms with Crippen LogP contribution in [-0.2, 0) is 0 Å². The predicted molar refractivity (Wildman–Crippen MR) is 69.2 cm³/mol. The number of alkyl halides is 3. The van der Waals surface area contributed by atoms with Crippen LogP contribution >= 0.6 is 0 Å². The fourth-order valence-corrected chi connectivity index (χ4v) is 2.39. The minimum absolute atomic E-state index is 0.262. The maximum Gasteiger partial charge on any atom is 0.573 e. The Hall–Kier alpha value is -1.96. The van der Waals surface area contributed by atoms with Gasteiger partial charge >= 0.3 is 6.36 Å². The van der Waals surface area contributed by atoms with Crippen LogP contribution in [0.25, 0.3) is 11.1 Å². The third kappa shape index (κ3) is 2.90. The molecule has 2 heterocycles. The lowest BCUT2D eigenvalue weighted by Crippen LogP contribution is -2.44.